The van der Waals surface area contributed by atoms with Gasteiger partial charge in [-0.2, -0.15) is 0 Å². The fraction of sp³-hybridized carbons (Fsp3) is 0.208. The number of nitrogens with two attached hydrogens (primary N) is 1. The Morgan fingerprint density at radius 1 is 0.827 bits per heavy atom. The van der Waals surface area contributed by atoms with Gasteiger partial charge in [0, 0.05) is 28.6 Å². The van der Waals surface area contributed by atoms with Gasteiger partial charge in [-0.05, 0) is 82.0 Å². The minimum Gasteiger partial charge on any atom is -0.355 e. The van der Waals surface area contributed by atoms with Gasteiger partial charge in [-0.25, -0.2) is 0 Å². The van der Waals surface area contributed by atoms with Crippen LogP contribution in [0.25, 0.3) is 38.4 Å². The summed E-state index contributed by atoms with van der Waals surface area (Å²) in [6.07, 6.45) is 16.7. The third-order valence-corrected chi connectivity index (χ3v) is 12.4. The lowest BCUT2D eigenvalue weighted by Crippen LogP contribution is -2.46. The van der Waals surface area contributed by atoms with Crippen molar-refractivity contribution in [2.24, 2.45) is 17.6 Å². The van der Waals surface area contributed by atoms with Crippen LogP contribution < -0.4 is 16.0 Å². The predicted octanol–water partition coefficient (Wildman–Crippen LogP) is 10.4. The number of allylic oxidation sites excluding steroid dienone is 5. The number of nitrogens with one attached hydrogen (secondary N) is 1. The summed E-state index contributed by atoms with van der Waals surface area (Å²) < 4.78 is 2.45. The van der Waals surface area contributed by atoms with Crippen LogP contribution in [0.4, 0.5) is 5.69 Å². The Bertz CT molecular complexity index is 2500. The van der Waals surface area contributed by atoms with Gasteiger partial charge >= 0.3 is 0 Å². The number of aromatic nitrogens is 1. The lowest BCUT2D eigenvalue weighted by atomic mass is 9.65. The van der Waals surface area contributed by atoms with Crippen molar-refractivity contribution < 1.29 is 0 Å². The second-order valence-corrected chi connectivity index (χ2v) is 15.3. The van der Waals surface area contributed by atoms with Gasteiger partial charge in [-0.3, -0.25) is 11.1 Å². The maximum Gasteiger partial charge on any atom is 0.136 e. The number of benzene rings is 5. The van der Waals surface area contributed by atoms with Crippen LogP contribution in [0, 0.1) is 11.8 Å². The molecule has 0 radical (unpaired) electrons. The molecule has 0 amide bonds. The molecule has 0 fully saturated rings. The first-order valence-electron chi connectivity index (χ1n) is 18.8. The zero-order chi connectivity index (χ0) is 35.0. The molecule has 1 aliphatic heterocycles. The van der Waals surface area contributed by atoms with Gasteiger partial charge in [0.1, 0.15) is 6.29 Å². The number of hydrogen-bond donors (Lipinski definition) is 2. The van der Waals surface area contributed by atoms with E-state index in [-0.39, 0.29) is 17.5 Å². The molecule has 3 aliphatic carbocycles. The lowest BCUT2D eigenvalue weighted by molar-refractivity contribution is 0.345. The van der Waals surface area contributed by atoms with E-state index in [1.807, 2.05) is 0 Å². The number of anilines is 1. The standard InChI is InChI=1S/C48H44N4/c1-31-24-25-34(35-27-26-32-14-6-7-15-33(32)28-35)29-36(31)30-50-47(49)52-42-22-12-9-19-39(42)44-38-18-8-10-20-40(38)48(2)41-21-11-13-23-43(41)51(46(48)45(44)52)37-16-4-3-5-17-37/h3-16,18-29,31,36-37,46-47,50H,17,30,49H2,1-2H3. The van der Waals surface area contributed by atoms with Crippen LogP contribution in [0.5, 0.6) is 0 Å². The van der Waals surface area contributed by atoms with Crippen molar-refractivity contribution in [3.63, 3.8) is 0 Å². The van der Waals surface area contributed by atoms with Gasteiger partial charge in [0.15, 0.2) is 0 Å². The van der Waals surface area contributed by atoms with Gasteiger partial charge in [-0.15, -0.1) is 0 Å². The second kappa shape index (κ2) is 12.1. The molecule has 6 aromatic rings. The molecule has 52 heavy (non-hydrogen) atoms. The molecule has 4 nitrogen and oxygen atoms in total. The SMILES string of the molecule is CC1C=CC(c2ccc3ccccc3c2)=CC1CNC(N)n1c2c(c3ccccc31)-c1ccccc1C1(C)c3ccccc3N(C3C=CC=CC3)C21. The van der Waals surface area contributed by atoms with E-state index in [4.69, 9.17) is 5.73 Å². The minimum atomic E-state index is -0.425. The van der Waals surface area contributed by atoms with Crippen LogP contribution in [-0.2, 0) is 5.41 Å². The molecule has 1 aromatic heterocycles. The largest absolute Gasteiger partial charge is 0.355 e. The van der Waals surface area contributed by atoms with Crippen LogP contribution in [0.1, 0.15) is 55.0 Å². The van der Waals surface area contributed by atoms with E-state index in [2.05, 4.69) is 186 Å². The summed E-state index contributed by atoms with van der Waals surface area (Å²) in [5, 5.41) is 7.67. The highest BCUT2D eigenvalue weighted by Crippen LogP contribution is 2.64. The Kier molecular flexibility index (Phi) is 7.28. The summed E-state index contributed by atoms with van der Waals surface area (Å²) in [7, 11) is 0. The number of hydrogen-bond acceptors (Lipinski definition) is 3. The van der Waals surface area contributed by atoms with Crippen molar-refractivity contribution in [1.29, 1.82) is 0 Å². The predicted molar refractivity (Wildman–Crippen MR) is 217 cm³/mol. The van der Waals surface area contributed by atoms with Crippen molar-refractivity contribution in [3.05, 3.63) is 180 Å². The van der Waals surface area contributed by atoms with Crippen LogP contribution in [0.15, 0.2) is 158 Å². The average molecular weight is 677 g/mol. The topological polar surface area (TPSA) is 46.2 Å². The molecule has 0 bridgehead atoms. The van der Waals surface area contributed by atoms with Crippen LogP contribution in [0.2, 0.25) is 0 Å². The van der Waals surface area contributed by atoms with E-state index < -0.39 is 6.29 Å². The highest BCUT2D eigenvalue weighted by atomic mass is 15.3. The summed E-state index contributed by atoms with van der Waals surface area (Å²) in [5.41, 5.74) is 18.9. The maximum absolute atomic E-state index is 7.44. The Balaban J connectivity index is 1.09. The third kappa shape index (κ3) is 4.61. The Morgan fingerprint density at radius 2 is 1.60 bits per heavy atom. The first-order chi connectivity index (χ1) is 25.5. The summed E-state index contributed by atoms with van der Waals surface area (Å²) in [6, 6.07) is 42.8. The lowest BCUT2D eigenvalue weighted by Gasteiger charge is -2.45. The zero-order valence-electron chi connectivity index (χ0n) is 29.8. The normalized spacial score (nSPS) is 24.8. The molecule has 256 valence electrons. The molecule has 0 saturated carbocycles. The van der Waals surface area contributed by atoms with Crippen LogP contribution in [-0.4, -0.2) is 17.2 Å². The monoisotopic (exact) mass is 676 g/mol. The zero-order valence-corrected chi connectivity index (χ0v) is 29.8. The van der Waals surface area contributed by atoms with Crippen molar-refractivity contribution in [2.75, 3.05) is 11.4 Å². The summed E-state index contributed by atoms with van der Waals surface area (Å²) in [4.78, 5) is 2.71. The van der Waals surface area contributed by atoms with E-state index in [0.717, 1.165) is 13.0 Å². The molecule has 10 rings (SSSR count). The molecule has 0 spiro atoms. The van der Waals surface area contributed by atoms with Crippen molar-refractivity contribution in [2.45, 2.75) is 44.1 Å². The molecule has 4 aliphatic rings. The number of para-hydroxylation sites is 2. The van der Waals surface area contributed by atoms with Crippen LogP contribution >= 0.6 is 0 Å². The maximum atomic E-state index is 7.44. The Hall–Kier alpha value is -5.42. The van der Waals surface area contributed by atoms with Gasteiger partial charge < -0.3 is 9.47 Å². The highest BCUT2D eigenvalue weighted by molar-refractivity contribution is 6.02. The van der Waals surface area contributed by atoms with Crippen molar-refractivity contribution in [3.8, 4) is 11.1 Å². The second-order valence-electron chi connectivity index (χ2n) is 15.3. The van der Waals surface area contributed by atoms with Crippen molar-refractivity contribution in [1.82, 2.24) is 9.88 Å². The van der Waals surface area contributed by atoms with E-state index >= 15 is 0 Å². The van der Waals surface area contributed by atoms with Gasteiger partial charge in [0.05, 0.1) is 23.3 Å². The smallest absolute Gasteiger partial charge is 0.136 e. The quantitative estimate of drug-likeness (QED) is 0.173. The van der Waals surface area contributed by atoms with E-state index in [1.165, 1.54) is 66.4 Å². The van der Waals surface area contributed by atoms with E-state index in [9.17, 15) is 0 Å². The van der Waals surface area contributed by atoms with Crippen LogP contribution in [0.3, 0.4) is 0 Å². The molecule has 4 heteroatoms. The van der Waals surface area contributed by atoms with E-state index in [0.29, 0.717) is 11.8 Å². The first kappa shape index (κ1) is 31.3. The number of rotatable bonds is 6. The first-order valence-corrected chi connectivity index (χ1v) is 18.8. The van der Waals surface area contributed by atoms with Gasteiger partial charge in [-0.1, -0.05) is 147 Å². The molecular formula is C48H44N4. The number of nitrogens with zero attached hydrogens (tertiary/aromatic N) is 2. The fourth-order valence-corrected chi connectivity index (χ4v) is 9.82. The summed E-state index contributed by atoms with van der Waals surface area (Å²) in [5.74, 6) is 0.688. The average Bonchev–Trinajstić information content (AvgIpc) is 3.68. The molecule has 3 N–H and O–H groups in total. The molecule has 6 atom stereocenters. The highest BCUT2D eigenvalue weighted by Gasteiger charge is 2.56. The molecular weight excluding hydrogens is 633 g/mol. The molecule has 5 aromatic carbocycles. The number of fused-ring (bicyclic) bond motifs is 11. The fourth-order valence-electron chi connectivity index (χ4n) is 9.82. The summed E-state index contributed by atoms with van der Waals surface area (Å²) >= 11 is 0. The van der Waals surface area contributed by atoms with Gasteiger partial charge in [0.2, 0.25) is 0 Å². The van der Waals surface area contributed by atoms with E-state index in [1.54, 1.807) is 0 Å². The van der Waals surface area contributed by atoms with Gasteiger partial charge in [0.25, 0.3) is 0 Å². The minimum absolute atomic E-state index is 0.0483. The van der Waals surface area contributed by atoms with Crippen molar-refractivity contribution >= 4 is 32.9 Å². The molecule has 6 unspecified atom stereocenters. The third-order valence-electron chi connectivity index (χ3n) is 12.4. The Labute approximate surface area is 306 Å². The molecule has 2 heterocycles. The molecule has 0 saturated heterocycles. The summed E-state index contributed by atoms with van der Waals surface area (Å²) in [6.45, 7) is 5.55. The Morgan fingerprint density at radius 3 is 2.46 bits per heavy atom.